The van der Waals surface area contributed by atoms with Crippen molar-refractivity contribution in [2.75, 3.05) is 6.61 Å². The lowest BCUT2D eigenvalue weighted by molar-refractivity contribution is -0.121. The van der Waals surface area contributed by atoms with E-state index in [1.807, 2.05) is 30.3 Å². The summed E-state index contributed by atoms with van der Waals surface area (Å²) in [5.74, 6) is -0.328. The van der Waals surface area contributed by atoms with Gasteiger partial charge in [0.25, 0.3) is 5.78 Å². The highest BCUT2D eigenvalue weighted by atomic mass is 16.6. The van der Waals surface area contributed by atoms with Crippen molar-refractivity contribution >= 4 is 12.0 Å². The van der Waals surface area contributed by atoms with Crippen molar-refractivity contribution in [2.24, 2.45) is 0 Å². The molecule has 0 aromatic heterocycles. The Morgan fingerprint density at radius 3 is 2.64 bits per heavy atom. The van der Waals surface area contributed by atoms with Crippen molar-refractivity contribution in [3.63, 3.8) is 0 Å². The Hall–Kier alpha value is -1.77. The molecular formula is C10H8N2O2. The standard InChI is InChI=1S/C10H8N2O2/c11-12-6-9(13)10(7-14-10)8-4-2-1-3-5-8/h1-6H,7H2/t10-/m0/s1. The van der Waals surface area contributed by atoms with E-state index in [1.165, 1.54) is 0 Å². The van der Waals surface area contributed by atoms with Crippen LogP contribution in [0.3, 0.4) is 0 Å². The summed E-state index contributed by atoms with van der Waals surface area (Å²) >= 11 is 0. The number of carbonyl (C=O) groups is 1. The zero-order chi connectivity index (χ0) is 10.0. The fourth-order valence-corrected chi connectivity index (χ4v) is 1.39. The Morgan fingerprint density at radius 2 is 2.14 bits per heavy atom. The zero-order valence-corrected chi connectivity index (χ0v) is 7.38. The van der Waals surface area contributed by atoms with Gasteiger partial charge in [0.1, 0.15) is 0 Å². The van der Waals surface area contributed by atoms with Gasteiger partial charge in [0.05, 0.1) is 6.61 Å². The normalized spacial score (nSPS) is 23.7. The van der Waals surface area contributed by atoms with Crippen LogP contribution in [0.25, 0.3) is 5.53 Å². The van der Waals surface area contributed by atoms with E-state index >= 15 is 0 Å². The second-order valence-electron chi connectivity index (χ2n) is 3.09. The first-order chi connectivity index (χ1) is 6.79. The van der Waals surface area contributed by atoms with E-state index in [0.29, 0.717) is 6.61 Å². The molecule has 0 saturated carbocycles. The van der Waals surface area contributed by atoms with E-state index in [9.17, 15) is 4.79 Å². The van der Waals surface area contributed by atoms with Crippen LogP contribution in [-0.2, 0) is 15.1 Å². The average Bonchev–Trinajstić information content (AvgIpc) is 3.00. The fourth-order valence-electron chi connectivity index (χ4n) is 1.39. The summed E-state index contributed by atoms with van der Waals surface area (Å²) < 4.78 is 5.14. The highest BCUT2D eigenvalue weighted by Gasteiger charge is 2.54. The molecule has 0 amide bonds. The highest BCUT2D eigenvalue weighted by molar-refractivity contribution is 6.30. The molecule has 1 saturated heterocycles. The quantitative estimate of drug-likeness (QED) is 0.304. The summed E-state index contributed by atoms with van der Waals surface area (Å²) in [6.45, 7) is 0.349. The van der Waals surface area contributed by atoms with E-state index in [-0.39, 0.29) is 5.78 Å². The number of benzene rings is 1. The number of ether oxygens (including phenoxy) is 1. The minimum atomic E-state index is -0.895. The lowest BCUT2D eigenvalue weighted by atomic mass is 9.96. The van der Waals surface area contributed by atoms with Crippen LogP contribution < -0.4 is 0 Å². The minimum Gasteiger partial charge on any atom is -0.361 e. The number of epoxide rings is 1. The maximum absolute atomic E-state index is 11.5. The van der Waals surface area contributed by atoms with E-state index in [4.69, 9.17) is 10.3 Å². The van der Waals surface area contributed by atoms with Gasteiger partial charge in [-0.2, -0.15) is 4.79 Å². The molecule has 1 aromatic carbocycles. The lowest BCUT2D eigenvalue weighted by Crippen LogP contribution is -2.23. The van der Waals surface area contributed by atoms with Crippen LogP contribution in [0.15, 0.2) is 30.3 Å². The molecule has 1 fully saturated rings. The molecule has 1 aliphatic rings. The number of ketones is 1. The minimum absolute atomic E-state index is 0.328. The van der Waals surface area contributed by atoms with Gasteiger partial charge in [0.2, 0.25) is 0 Å². The molecule has 4 heteroatoms. The van der Waals surface area contributed by atoms with Crippen LogP contribution in [0.5, 0.6) is 0 Å². The largest absolute Gasteiger partial charge is 0.361 e. The van der Waals surface area contributed by atoms with Gasteiger partial charge in [-0.15, -0.1) is 0 Å². The molecule has 0 unspecified atom stereocenters. The average molecular weight is 188 g/mol. The van der Waals surface area contributed by atoms with Gasteiger partial charge in [0, 0.05) is 0 Å². The third-order valence-electron chi connectivity index (χ3n) is 2.25. The second kappa shape index (κ2) is 3.18. The van der Waals surface area contributed by atoms with Crippen LogP contribution in [-0.4, -0.2) is 23.4 Å². The van der Waals surface area contributed by atoms with Crippen LogP contribution in [0, 0.1) is 0 Å². The molecule has 0 radical (unpaired) electrons. The Balaban J connectivity index is 2.34. The highest BCUT2D eigenvalue weighted by Crippen LogP contribution is 2.38. The van der Waals surface area contributed by atoms with Crippen molar-refractivity contribution in [2.45, 2.75) is 5.60 Å². The van der Waals surface area contributed by atoms with Crippen LogP contribution in [0.4, 0.5) is 0 Å². The Kier molecular flexibility index (Phi) is 2.00. The van der Waals surface area contributed by atoms with E-state index in [0.717, 1.165) is 11.8 Å². The molecule has 1 heterocycles. The lowest BCUT2D eigenvalue weighted by Gasteiger charge is -2.04. The summed E-state index contributed by atoms with van der Waals surface area (Å²) in [5, 5.41) is 0. The van der Waals surface area contributed by atoms with Gasteiger partial charge in [-0.1, -0.05) is 30.3 Å². The van der Waals surface area contributed by atoms with Crippen molar-refractivity contribution in [3.8, 4) is 0 Å². The maximum atomic E-state index is 11.5. The predicted octanol–water partition coefficient (Wildman–Crippen LogP) is 0.782. The number of hydrogen-bond donors (Lipinski definition) is 0. The molecule has 0 bridgehead atoms. The molecule has 0 N–H and O–H groups in total. The number of nitrogens with zero attached hydrogens (tertiary/aromatic N) is 2. The molecule has 1 atom stereocenters. The molecule has 0 spiro atoms. The van der Waals surface area contributed by atoms with E-state index in [1.54, 1.807) is 0 Å². The molecule has 14 heavy (non-hydrogen) atoms. The van der Waals surface area contributed by atoms with Gasteiger partial charge >= 0.3 is 6.21 Å². The zero-order valence-electron chi connectivity index (χ0n) is 7.38. The molecule has 1 aromatic rings. The van der Waals surface area contributed by atoms with Gasteiger partial charge < -0.3 is 10.3 Å². The molecular weight excluding hydrogens is 180 g/mol. The van der Waals surface area contributed by atoms with Gasteiger partial charge in [-0.05, 0) is 5.56 Å². The molecule has 2 rings (SSSR count). The number of Topliss-reactive ketones (excluding diaryl/α,β-unsaturated/α-hetero) is 1. The predicted molar refractivity (Wildman–Crippen MR) is 48.8 cm³/mol. The van der Waals surface area contributed by atoms with Crippen LogP contribution in [0.1, 0.15) is 5.56 Å². The van der Waals surface area contributed by atoms with E-state index < -0.39 is 5.60 Å². The number of rotatable bonds is 3. The first-order valence-electron chi connectivity index (χ1n) is 4.21. The summed E-state index contributed by atoms with van der Waals surface area (Å²) in [4.78, 5) is 14.2. The third-order valence-corrected chi connectivity index (χ3v) is 2.25. The van der Waals surface area contributed by atoms with Crippen molar-refractivity contribution in [3.05, 3.63) is 41.4 Å². The van der Waals surface area contributed by atoms with Crippen molar-refractivity contribution < 1.29 is 14.3 Å². The summed E-state index contributed by atoms with van der Waals surface area (Å²) in [6, 6.07) is 9.17. The van der Waals surface area contributed by atoms with Crippen LogP contribution in [0.2, 0.25) is 0 Å². The van der Waals surface area contributed by atoms with Crippen LogP contribution >= 0.6 is 0 Å². The van der Waals surface area contributed by atoms with Gasteiger partial charge in [0.15, 0.2) is 5.60 Å². The summed E-state index contributed by atoms with van der Waals surface area (Å²) in [5.41, 5.74) is 8.17. The molecule has 0 aliphatic carbocycles. The number of carbonyl (C=O) groups excluding carboxylic acids is 1. The van der Waals surface area contributed by atoms with Crippen molar-refractivity contribution in [1.29, 1.82) is 0 Å². The summed E-state index contributed by atoms with van der Waals surface area (Å²) in [6.07, 6.45) is 0.875. The SMILES string of the molecule is [N-]=[N+]=CC(=O)[C@@]1(c2ccccc2)CO1. The third kappa shape index (κ3) is 1.27. The first kappa shape index (κ1) is 8.81. The molecule has 70 valence electrons. The fraction of sp³-hybridized carbons (Fsp3) is 0.200. The number of hydrogen-bond acceptors (Lipinski definition) is 2. The summed E-state index contributed by atoms with van der Waals surface area (Å²) in [7, 11) is 0. The molecule has 4 nitrogen and oxygen atoms in total. The second-order valence-corrected chi connectivity index (χ2v) is 3.09. The van der Waals surface area contributed by atoms with E-state index in [2.05, 4.69) is 4.79 Å². The first-order valence-corrected chi connectivity index (χ1v) is 4.21. The smallest absolute Gasteiger partial charge is 0.326 e. The van der Waals surface area contributed by atoms with Gasteiger partial charge in [-0.25, -0.2) is 0 Å². The molecule has 1 aliphatic heterocycles. The van der Waals surface area contributed by atoms with Crippen molar-refractivity contribution in [1.82, 2.24) is 0 Å². The Labute approximate surface area is 80.7 Å². The van der Waals surface area contributed by atoms with Gasteiger partial charge in [-0.3, -0.25) is 4.79 Å². The monoisotopic (exact) mass is 188 g/mol. The topological polar surface area (TPSA) is 66.0 Å². The maximum Gasteiger partial charge on any atom is 0.326 e. The Bertz CT molecular complexity index is 403. The Morgan fingerprint density at radius 1 is 1.50 bits per heavy atom.